The van der Waals surface area contributed by atoms with Crippen LogP contribution in [-0.2, 0) is 4.79 Å². The molecule has 2 atom stereocenters. The van der Waals surface area contributed by atoms with Crippen LogP contribution >= 0.6 is 0 Å². The molecule has 158 valence electrons. The van der Waals surface area contributed by atoms with Gasteiger partial charge >= 0.3 is 0 Å². The Kier molecular flexibility index (Phi) is 15.5. The number of aliphatic hydroxyl groups excluding tert-OH is 1. The fraction of sp³-hybridized carbons (Fsp3) is 0.875. The number of nitrogens with one attached hydrogen (secondary N) is 1. The van der Waals surface area contributed by atoms with Crippen LogP contribution in [0.2, 0.25) is 0 Å². The minimum Gasteiger partial charge on any atom is -0.391 e. The standard InChI is InChI=1S/C24H45NO2/c1-2-3-4-5-6-7-8-9-10-11-12-13-14-15-16-21-24(27)25-22-19-17-18-20-23(22)26/h9-10,22-23,26H,2-8,11-21H2,1H3,(H,25,27)/b10-9-/t22-,23-/m0/s1. The minimum absolute atomic E-state index is 0.00521. The average molecular weight is 380 g/mol. The number of carbonyl (C=O) groups excluding carboxylic acids is 1. The van der Waals surface area contributed by atoms with Gasteiger partial charge in [-0.05, 0) is 44.9 Å². The van der Waals surface area contributed by atoms with Crippen molar-refractivity contribution in [2.24, 2.45) is 0 Å². The highest BCUT2D eigenvalue weighted by Crippen LogP contribution is 2.18. The highest BCUT2D eigenvalue weighted by Gasteiger charge is 2.23. The molecule has 1 aliphatic carbocycles. The molecule has 1 aliphatic rings. The first-order chi connectivity index (χ1) is 13.2. The fourth-order valence-electron chi connectivity index (χ4n) is 3.91. The number of hydrogen-bond donors (Lipinski definition) is 2. The zero-order chi connectivity index (χ0) is 19.6. The van der Waals surface area contributed by atoms with Gasteiger partial charge < -0.3 is 10.4 Å². The molecule has 1 saturated carbocycles. The third kappa shape index (κ3) is 13.9. The quantitative estimate of drug-likeness (QED) is 0.239. The van der Waals surface area contributed by atoms with E-state index in [2.05, 4.69) is 24.4 Å². The number of unbranched alkanes of at least 4 members (excludes halogenated alkanes) is 11. The molecule has 0 aromatic carbocycles. The summed E-state index contributed by atoms with van der Waals surface area (Å²) in [6, 6.07) is -0.00521. The van der Waals surface area contributed by atoms with Gasteiger partial charge in [0.05, 0.1) is 12.1 Å². The Labute approximate surface area is 168 Å². The normalized spacial score (nSPS) is 20.2. The average Bonchev–Trinajstić information content (AvgIpc) is 2.66. The smallest absolute Gasteiger partial charge is 0.220 e. The Morgan fingerprint density at radius 3 is 2.04 bits per heavy atom. The lowest BCUT2D eigenvalue weighted by Crippen LogP contribution is -2.44. The van der Waals surface area contributed by atoms with E-state index in [-0.39, 0.29) is 18.1 Å². The molecule has 1 fully saturated rings. The number of amides is 1. The van der Waals surface area contributed by atoms with Crippen molar-refractivity contribution in [2.45, 2.75) is 135 Å². The fourth-order valence-corrected chi connectivity index (χ4v) is 3.91. The van der Waals surface area contributed by atoms with E-state index in [0.29, 0.717) is 6.42 Å². The van der Waals surface area contributed by atoms with E-state index in [1.807, 2.05) is 0 Å². The summed E-state index contributed by atoms with van der Waals surface area (Å²) in [5.41, 5.74) is 0. The van der Waals surface area contributed by atoms with Gasteiger partial charge in [-0.25, -0.2) is 0 Å². The van der Waals surface area contributed by atoms with Crippen molar-refractivity contribution in [1.29, 1.82) is 0 Å². The predicted molar refractivity (Wildman–Crippen MR) is 116 cm³/mol. The third-order valence-corrected chi connectivity index (χ3v) is 5.74. The number of rotatable bonds is 16. The molecule has 0 aromatic rings. The SMILES string of the molecule is CCCCCCCC/C=C\CCCCCCCC(=O)N[C@H]1CCCC[C@@H]1O. The van der Waals surface area contributed by atoms with E-state index >= 15 is 0 Å². The summed E-state index contributed by atoms with van der Waals surface area (Å²) in [5, 5.41) is 12.9. The van der Waals surface area contributed by atoms with Crippen LogP contribution in [0, 0.1) is 0 Å². The number of aliphatic hydroxyl groups is 1. The van der Waals surface area contributed by atoms with Crippen LogP contribution in [0.4, 0.5) is 0 Å². The second-order valence-electron chi connectivity index (χ2n) is 8.36. The lowest BCUT2D eigenvalue weighted by Gasteiger charge is -2.28. The first-order valence-corrected chi connectivity index (χ1v) is 11.9. The molecule has 3 nitrogen and oxygen atoms in total. The molecule has 0 radical (unpaired) electrons. The molecule has 1 amide bonds. The molecule has 0 aromatic heterocycles. The van der Waals surface area contributed by atoms with E-state index in [9.17, 15) is 9.90 Å². The molecule has 0 aliphatic heterocycles. The molecule has 2 N–H and O–H groups in total. The van der Waals surface area contributed by atoms with Crippen LogP contribution in [0.3, 0.4) is 0 Å². The number of allylic oxidation sites excluding steroid dienone is 2. The zero-order valence-electron chi connectivity index (χ0n) is 17.9. The van der Waals surface area contributed by atoms with Crippen LogP contribution in [0.5, 0.6) is 0 Å². The van der Waals surface area contributed by atoms with Crippen molar-refractivity contribution < 1.29 is 9.90 Å². The maximum atomic E-state index is 12.0. The Balaban J connectivity index is 1.83. The van der Waals surface area contributed by atoms with E-state index in [0.717, 1.165) is 38.5 Å². The van der Waals surface area contributed by atoms with Crippen LogP contribution in [0.15, 0.2) is 12.2 Å². The molecular formula is C24H45NO2. The van der Waals surface area contributed by atoms with Gasteiger partial charge in [0.1, 0.15) is 0 Å². The van der Waals surface area contributed by atoms with Gasteiger partial charge in [-0.3, -0.25) is 4.79 Å². The largest absolute Gasteiger partial charge is 0.391 e. The van der Waals surface area contributed by atoms with E-state index in [4.69, 9.17) is 0 Å². The van der Waals surface area contributed by atoms with Gasteiger partial charge in [-0.2, -0.15) is 0 Å². The molecule has 0 saturated heterocycles. The maximum absolute atomic E-state index is 12.0. The van der Waals surface area contributed by atoms with Crippen molar-refractivity contribution in [1.82, 2.24) is 5.32 Å². The lowest BCUT2D eigenvalue weighted by molar-refractivity contribution is -0.123. The topological polar surface area (TPSA) is 49.3 Å². The third-order valence-electron chi connectivity index (χ3n) is 5.74. The summed E-state index contributed by atoms with van der Waals surface area (Å²) in [6.07, 6.45) is 25.6. The summed E-state index contributed by atoms with van der Waals surface area (Å²) in [4.78, 5) is 12.0. The summed E-state index contributed by atoms with van der Waals surface area (Å²) in [6.45, 7) is 2.27. The van der Waals surface area contributed by atoms with Crippen molar-refractivity contribution in [3.8, 4) is 0 Å². The Morgan fingerprint density at radius 1 is 0.852 bits per heavy atom. The molecular weight excluding hydrogens is 334 g/mol. The number of hydrogen-bond acceptors (Lipinski definition) is 2. The van der Waals surface area contributed by atoms with Crippen LogP contribution < -0.4 is 5.32 Å². The van der Waals surface area contributed by atoms with E-state index in [1.165, 1.54) is 70.6 Å². The van der Waals surface area contributed by atoms with Crippen molar-refractivity contribution in [2.75, 3.05) is 0 Å². The molecule has 0 unspecified atom stereocenters. The predicted octanol–water partition coefficient (Wildman–Crippen LogP) is 6.44. The molecule has 27 heavy (non-hydrogen) atoms. The van der Waals surface area contributed by atoms with Gasteiger partial charge in [-0.1, -0.05) is 83.3 Å². The first kappa shape index (κ1) is 24.2. The van der Waals surface area contributed by atoms with Gasteiger partial charge in [0, 0.05) is 6.42 Å². The van der Waals surface area contributed by atoms with Gasteiger partial charge in [0.15, 0.2) is 0 Å². The highest BCUT2D eigenvalue weighted by molar-refractivity contribution is 5.76. The minimum atomic E-state index is -0.336. The molecule has 0 heterocycles. The maximum Gasteiger partial charge on any atom is 0.220 e. The van der Waals surface area contributed by atoms with Crippen molar-refractivity contribution in [3.63, 3.8) is 0 Å². The van der Waals surface area contributed by atoms with E-state index in [1.54, 1.807) is 0 Å². The summed E-state index contributed by atoms with van der Waals surface area (Å²) >= 11 is 0. The van der Waals surface area contributed by atoms with Crippen LogP contribution in [0.1, 0.15) is 122 Å². The Morgan fingerprint density at radius 2 is 1.41 bits per heavy atom. The summed E-state index contributed by atoms with van der Waals surface area (Å²) in [7, 11) is 0. The molecule has 0 spiro atoms. The second-order valence-corrected chi connectivity index (χ2v) is 8.36. The van der Waals surface area contributed by atoms with Gasteiger partial charge in [0.2, 0.25) is 5.91 Å². The molecule has 3 heteroatoms. The first-order valence-electron chi connectivity index (χ1n) is 11.9. The van der Waals surface area contributed by atoms with Gasteiger partial charge in [0.25, 0.3) is 0 Å². The summed E-state index contributed by atoms with van der Waals surface area (Å²) < 4.78 is 0. The van der Waals surface area contributed by atoms with Crippen molar-refractivity contribution >= 4 is 5.91 Å². The van der Waals surface area contributed by atoms with Crippen LogP contribution in [-0.4, -0.2) is 23.2 Å². The monoisotopic (exact) mass is 379 g/mol. The zero-order valence-corrected chi connectivity index (χ0v) is 17.9. The second kappa shape index (κ2) is 17.3. The van der Waals surface area contributed by atoms with Crippen molar-refractivity contribution in [3.05, 3.63) is 12.2 Å². The van der Waals surface area contributed by atoms with Gasteiger partial charge in [-0.15, -0.1) is 0 Å². The Bertz CT molecular complexity index is 381. The molecule has 0 bridgehead atoms. The molecule has 1 rings (SSSR count). The Hall–Kier alpha value is -0.830. The lowest BCUT2D eigenvalue weighted by atomic mass is 9.92. The van der Waals surface area contributed by atoms with Crippen LogP contribution in [0.25, 0.3) is 0 Å². The number of carbonyl (C=O) groups is 1. The highest BCUT2D eigenvalue weighted by atomic mass is 16.3. The summed E-state index contributed by atoms with van der Waals surface area (Å²) in [5.74, 6) is 0.124. The van der Waals surface area contributed by atoms with E-state index < -0.39 is 0 Å².